The maximum absolute atomic E-state index is 13.4. The summed E-state index contributed by atoms with van der Waals surface area (Å²) in [6, 6.07) is 6.38. The van der Waals surface area contributed by atoms with Gasteiger partial charge in [-0.05, 0) is 32.9 Å². The Morgan fingerprint density at radius 1 is 1.18 bits per heavy atom. The zero-order valence-corrected chi connectivity index (χ0v) is 18.9. The van der Waals surface area contributed by atoms with Crippen molar-refractivity contribution in [3.8, 4) is 6.01 Å². The van der Waals surface area contributed by atoms with E-state index in [9.17, 15) is 4.79 Å². The molecule has 11 nitrogen and oxygen atoms in total. The molecule has 0 saturated carbocycles. The second kappa shape index (κ2) is 8.24. The number of nitrogens with zero attached hydrogens (tertiary/aromatic N) is 7. The highest BCUT2D eigenvalue weighted by Gasteiger charge is 2.25. The van der Waals surface area contributed by atoms with Crippen LogP contribution in [0.3, 0.4) is 0 Å². The predicted molar refractivity (Wildman–Crippen MR) is 124 cm³/mol. The van der Waals surface area contributed by atoms with Gasteiger partial charge in [0.05, 0.1) is 18.2 Å². The number of methoxy groups -OCH3 is 1. The maximum Gasteiger partial charge on any atom is 0.316 e. The molecule has 0 bridgehead atoms. The Hall–Kier alpha value is -3.86. The van der Waals surface area contributed by atoms with E-state index in [1.165, 1.54) is 18.0 Å². The molecule has 1 fully saturated rings. The van der Waals surface area contributed by atoms with E-state index in [1.807, 2.05) is 13.0 Å². The number of aryl methyl sites for hydroxylation is 1. The quantitative estimate of drug-likeness (QED) is 0.482. The third kappa shape index (κ3) is 3.91. The molecule has 5 rings (SSSR count). The fraction of sp³-hybridized carbons (Fsp3) is 0.364. The van der Waals surface area contributed by atoms with Gasteiger partial charge in [0.1, 0.15) is 12.1 Å². The van der Waals surface area contributed by atoms with Gasteiger partial charge in [0.15, 0.2) is 0 Å². The molecular formula is C22H25N9O2. The summed E-state index contributed by atoms with van der Waals surface area (Å²) in [7, 11) is 1.51. The number of carbonyl (C=O) groups is 1. The summed E-state index contributed by atoms with van der Waals surface area (Å²) in [5, 5.41) is 11.4. The van der Waals surface area contributed by atoms with Crippen LogP contribution in [0.4, 0.5) is 11.5 Å². The largest absolute Gasteiger partial charge is 0.467 e. The normalized spacial score (nSPS) is 18.6. The van der Waals surface area contributed by atoms with Gasteiger partial charge in [-0.2, -0.15) is 19.6 Å². The Morgan fingerprint density at radius 2 is 1.97 bits per heavy atom. The zero-order chi connectivity index (χ0) is 23.1. The molecule has 2 N–H and O–H groups in total. The first-order valence-electron chi connectivity index (χ1n) is 10.8. The molecule has 3 aromatic heterocycles. The molecule has 33 heavy (non-hydrogen) atoms. The van der Waals surface area contributed by atoms with E-state index in [4.69, 9.17) is 4.74 Å². The summed E-state index contributed by atoms with van der Waals surface area (Å²) in [4.78, 5) is 33.0. The van der Waals surface area contributed by atoms with Crippen molar-refractivity contribution < 1.29 is 9.53 Å². The first kappa shape index (κ1) is 21.0. The third-order valence-corrected chi connectivity index (χ3v) is 5.65. The van der Waals surface area contributed by atoms with Crippen molar-refractivity contribution in [3.63, 3.8) is 0 Å². The van der Waals surface area contributed by atoms with Crippen molar-refractivity contribution >= 4 is 34.1 Å². The number of carbonyl (C=O) groups excluding carboxylic acids is 1. The van der Waals surface area contributed by atoms with Crippen LogP contribution in [-0.2, 0) is 0 Å². The standard InChI is InChI=1S/C22H25N9O2/c1-12-7-18(31-21(27-12)24-11-25-31)28-20(32)15-5-6-17(30-9-13(2)26-14(3)10-30)16-8-23-22(33-4)29-19(15)16/h5-8,11,13-14,26H,9-10H2,1-4H3,(H,28,32). The summed E-state index contributed by atoms with van der Waals surface area (Å²) >= 11 is 0. The van der Waals surface area contributed by atoms with Gasteiger partial charge < -0.3 is 20.3 Å². The van der Waals surface area contributed by atoms with E-state index < -0.39 is 0 Å². The number of nitrogens with one attached hydrogen (secondary N) is 2. The molecule has 1 aliphatic heterocycles. The van der Waals surface area contributed by atoms with Crippen LogP contribution in [0.2, 0.25) is 0 Å². The number of rotatable bonds is 4. The lowest BCUT2D eigenvalue weighted by molar-refractivity contribution is 0.102. The SMILES string of the molecule is COc1ncc2c(N3CC(C)NC(C)C3)ccc(C(=O)Nc3cc(C)nc4ncnn34)c2n1. The minimum atomic E-state index is -0.322. The van der Waals surface area contributed by atoms with Gasteiger partial charge in [-0.1, -0.05) is 0 Å². The van der Waals surface area contributed by atoms with Gasteiger partial charge in [0, 0.05) is 54.2 Å². The molecule has 2 atom stereocenters. The van der Waals surface area contributed by atoms with E-state index in [2.05, 4.69) is 54.4 Å². The van der Waals surface area contributed by atoms with Crippen LogP contribution in [0.5, 0.6) is 6.01 Å². The number of hydrogen-bond acceptors (Lipinski definition) is 9. The van der Waals surface area contributed by atoms with Gasteiger partial charge in [-0.15, -0.1) is 0 Å². The highest BCUT2D eigenvalue weighted by molar-refractivity contribution is 6.13. The number of amides is 1. The van der Waals surface area contributed by atoms with Gasteiger partial charge >= 0.3 is 6.01 Å². The molecule has 4 aromatic rings. The van der Waals surface area contributed by atoms with Crippen LogP contribution in [-0.4, -0.2) is 67.7 Å². The van der Waals surface area contributed by atoms with Crippen molar-refractivity contribution in [2.75, 3.05) is 30.4 Å². The van der Waals surface area contributed by atoms with Crippen molar-refractivity contribution in [2.24, 2.45) is 0 Å². The van der Waals surface area contributed by atoms with Crippen LogP contribution in [0.25, 0.3) is 16.7 Å². The summed E-state index contributed by atoms with van der Waals surface area (Å²) < 4.78 is 6.74. The summed E-state index contributed by atoms with van der Waals surface area (Å²) in [5.74, 6) is 0.566. The minimum Gasteiger partial charge on any atom is -0.467 e. The molecule has 0 aliphatic carbocycles. The molecule has 11 heteroatoms. The lowest BCUT2D eigenvalue weighted by Gasteiger charge is -2.38. The molecule has 0 spiro atoms. The predicted octanol–water partition coefficient (Wildman–Crippen LogP) is 1.82. The Labute approximate surface area is 190 Å². The molecule has 4 heterocycles. The van der Waals surface area contributed by atoms with Crippen molar-refractivity contribution in [1.29, 1.82) is 0 Å². The molecular weight excluding hydrogens is 422 g/mol. The number of benzene rings is 1. The number of ether oxygens (including phenoxy) is 1. The van der Waals surface area contributed by atoms with Gasteiger partial charge in [0.2, 0.25) is 0 Å². The van der Waals surface area contributed by atoms with Crippen LogP contribution in [0.15, 0.2) is 30.7 Å². The van der Waals surface area contributed by atoms with E-state index >= 15 is 0 Å². The smallest absolute Gasteiger partial charge is 0.316 e. The average Bonchev–Trinajstić information content (AvgIpc) is 3.25. The molecule has 1 amide bonds. The number of hydrogen-bond donors (Lipinski definition) is 2. The molecule has 2 unspecified atom stereocenters. The topological polar surface area (TPSA) is 122 Å². The van der Waals surface area contributed by atoms with Crippen molar-refractivity contribution in [3.05, 3.63) is 42.0 Å². The van der Waals surface area contributed by atoms with E-state index in [1.54, 1.807) is 18.3 Å². The second-order valence-electron chi connectivity index (χ2n) is 8.33. The molecule has 1 aliphatic rings. The first-order valence-corrected chi connectivity index (χ1v) is 10.8. The zero-order valence-electron chi connectivity index (χ0n) is 18.9. The Kier molecular flexibility index (Phi) is 5.25. The molecule has 0 radical (unpaired) electrons. The monoisotopic (exact) mass is 447 g/mol. The third-order valence-electron chi connectivity index (χ3n) is 5.65. The molecule has 170 valence electrons. The molecule has 1 aromatic carbocycles. The lowest BCUT2D eigenvalue weighted by atomic mass is 10.0. The fourth-order valence-corrected chi connectivity index (χ4v) is 4.37. The Bertz CT molecular complexity index is 1340. The minimum absolute atomic E-state index is 0.203. The van der Waals surface area contributed by atoms with Crippen LogP contribution in [0, 0.1) is 6.92 Å². The fourth-order valence-electron chi connectivity index (χ4n) is 4.37. The maximum atomic E-state index is 13.4. The number of anilines is 2. The van der Waals surface area contributed by atoms with E-state index in [-0.39, 0.29) is 11.9 Å². The summed E-state index contributed by atoms with van der Waals surface area (Å²) in [5.41, 5.74) is 2.64. The van der Waals surface area contributed by atoms with Crippen LogP contribution < -0.4 is 20.3 Å². The van der Waals surface area contributed by atoms with Crippen LogP contribution in [0.1, 0.15) is 29.9 Å². The Balaban J connectivity index is 1.58. The van der Waals surface area contributed by atoms with Crippen LogP contribution >= 0.6 is 0 Å². The van der Waals surface area contributed by atoms with E-state index in [0.717, 1.165) is 29.9 Å². The highest BCUT2D eigenvalue weighted by Crippen LogP contribution is 2.31. The lowest BCUT2D eigenvalue weighted by Crippen LogP contribution is -2.54. The second-order valence-corrected chi connectivity index (χ2v) is 8.33. The summed E-state index contributed by atoms with van der Waals surface area (Å²) in [6.45, 7) is 7.85. The first-order chi connectivity index (χ1) is 15.9. The average molecular weight is 448 g/mol. The highest BCUT2D eigenvalue weighted by atomic mass is 16.5. The van der Waals surface area contributed by atoms with Crippen molar-refractivity contribution in [1.82, 2.24) is 34.9 Å². The number of fused-ring (bicyclic) bond motifs is 2. The van der Waals surface area contributed by atoms with E-state index in [0.29, 0.717) is 34.8 Å². The Morgan fingerprint density at radius 3 is 2.73 bits per heavy atom. The molecule has 1 saturated heterocycles. The van der Waals surface area contributed by atoms with Gasteiger partial charge in [-0.3, -0.25) is 4.79 Å². The number of piperazine rings is 1. The van der Waals surface area contributed by atoms with Gasteiger partial charge in [-0.25, -0.2) is 9.97 Å². The van der Waals surface area contributed by atoms with Crippen molar-refractivity contribution in [2.45, 2.75) is 32.9 Å². The van der Waals surface area contributed by atoms with Gasteiger partial charge in [0.25, 0.3) is 11.7 Å². The summed E-state index contributed by atoms with van der Waals surface area (Å²) in [6.07, 6.45) is 3.12. The number of aromatic nitrogens is 6.